The number of hydrogen-bond donors (Lipinski definition) is 0. The zero-order valence-corrected chi connectivity index (χ0v) is 30.7. The molecule has 0 bridgehead atoms. The van der Waals surface area contributed by atoms with Crippen molar-refractivity contribution in [3.05, 3.63) is 200 Å². The Bertz CT molecular complexity index is 3000. The predicted octanol–water partition coefficient (Wildman–Crippen LogP) is 12.2. The monoisotopic (exact) mass is 728 g/mol. The number of benzene rings is 7. The number of nitriles is 1. The molecule has 0 radical (unpaired) electrons. The quantitative estimate of drug-likeness (QED) is 0.163. The third-order valence-corrected chi connectivity index (χ3v) is 10.3. The first kappa shape index (κ1) is 33.6. The van der Waals surface area contributed by atoms with Gasteiger partial charge < -0.3 is 4.57 Å². The van der Waals surface area contributed by atoms with E-state index in [2.05, 4.69) is 95.6 Å². The van der Waals surface area contributed by atoms with Gasteiger partial charge in [-0.1, -0.05) is 140 Å². The molecule has 7 aromatic carbocycles. The van der Waals surface area contributed by atoms with Crippen molar-refractivity contribution in [2.75, 3.05) is 0 Å². The smallest absolute Gasteiger partial charge is 0.160 e. The summed E-state index contributed by atoms with van der Waals surface area (Å²) < 4.78 is 2.27. The van der Waals surface area contributed by atoms with E-state index in [9.17, 15) is 5.26 Å². The van der Waals surface area contributed by atoms with Gasteiger partial charge in [0.25, 0.3) is 0 Å². The maximum absolute atomic E-state index is 9.87. The molecule has 6 nitrogen and oxygen atoms in total. The third-order valence-electron chi connectivity index (χ3n) is 10.3. The van der Waals surface area contributed by atoms with Crippen molar-refractivity contribution in [1.29, 1.82) is 5.26 Å². The van der Waals surface area contributed by atoms with Gasteiger partial charge in [0.2, 0.25) is 0 Å². The summed E-state index contributed by atoms with van der Waals surface area (Å²) in [4.78, 5) is 20.8. The van der Waals surface area contributed by atoms with Gasteiger partial charge in [0.05, 0.1) is 51.1 Å². The summed E-state index contributed by atoms with van der Waals surface area (Å²) >= 11 is 0. The second-order valence-corrected chi connectivity index (χ2v) is 13.8. The molecule has 0 aliphatic heterocycles. The van der Waals surface area contributed by atoms with Gasteiger partial charge in [-0.3, -0.25) is 0 Å². The zero-order valence-electron chi connectivity index (χ0n) is 30.7. The fourth-order valence-electron chi connectivity index (χ4n) is 7.53. The van der Waals surface area contributed by atoms with Crippen LogP contribution >= 0.6 is 0 Å². The Balaban J connectivity index is 1.27. The van der Waals surface area contributed by atoms with Gasteiger partial charge in [0, 0.05) is 44.2 Å². The van der Waals surface area contributed by atoms with Gasteiger partial charge in [0.15, 0.2) is 11.6 Å². The fourth-order valence-corrected chi connectivity index (χ4v) is 7.53. The normalized spacial score (nSPS) is 11.1. The Hall–Kier alpha value is -8.01. The number of fused-ring (bicyclic) bond motifs is 3. The number of nitrogens with zero attached hydrogens (tertiary/aromatic N) is 6. The number of para-hydroxylation sites is 1. The van der Waals surface area contributed by atoms with E-state index in [1.807, 2.05) is 109 Å². The van der Waals surface area contributed by atoms with Crippen LogP contribution in [0.15, 0.2) is 194 Å². The number of rotatable bonds is 7. The summed E-state index contributed by atoms with van der Waals surface area (Å²) in [5.74, 6) is 1.22. The van der Waals surface area contributed by atoms with Crippen molar-refractivity contribution in [3.8, 4) is 79.6 Å². The first-order valence-corrected chi connectivity index (χ1v) is 18.8. The summed E-state index contributed by atoms with van der Waals surface area (Å²) in [7, 11) is 0. The fraction of sp³-hybridized carbons (Fsp3) is 0. The Kier molecular flexibility index (Phi) is 8.44. The lowest BCUT2D eigenvalue weighted by atomic mass is 10.0. The first-order chi connectivity index (χ1) is 28.2. The van der Waals surface area contributed by atoms with Crippen molar-refractivity contribution in [1.82, 2.24) is 24.5 Å². The van der Waals surface area contributed by atoms with Crippen molar-refractivity contribution in [2.24, 2.45) is 0 Å². The van der Waals surface area contributed by atoms with E-state index in [1.165, 1.54) is 0 Å². The molecule has 0 spiro atoms. The second kappa shape index (κ2) is 14.3. The largest absolute Gasteiger partial charge is 0.309 e. The highest BCUT2D eigenvalue weighted by Crippen LogP contribution is 2.39. The van der Waals surface area contributed by atoms with Crippen LogP contribution < -0.4 is 0 Å². The minimum absolute atomic E-state index is 0.601. The van der Waals surface area contributed by atoms with Crippen LogP contribution in [0.4, 0.5) is 0 Å². The lowest BCUT2D eigenvalue weighted by Crippen LogP contribution is -2.02. The van der Waals surface area contributed by atoms with Crippen LogP contribution in [-0.2, 0) is 0 Å². The molecule has 0 unspecified atom stereocenters. The maximum atomic E-state index is 9.87. The van der Waals surface area contributed by atoms with Crippen LogP contribution in [-0.4, -0.2) is 24.5 Å². The molecule has 3 aromatic heterocycles. The molecule has 10 rings (SSSR count). The van der Waals surface area contributed by atoms with Crippen LogP contribution in [0.25, 0.3) is 95.3 Å². The SMILES string of the molecule is N#Cc1ccc2c(c1)c1ccccc1n2-c1ccc(-c2nc(-c3ccccc3)cc(-c3ccccc3)n2)cc1-c1cc(-c2ccccc2)nc(-c2ccccc2)n1. The molecule has 6 heteroatoms. The Morgan fingerprint density at radius 3 is 1.42 bits per heavy atom. The van der Waals surface area contributed by atoms with Crippen molar-refractivity contribution in [3.63, 3.8) is 0 Å². The average molecular weight is 729 g/mol. The molecule has 266 valence electrons. The van der Waals surface area contributed by atoms with Crippen molar-refractivity contribution >= 4 is 21.8 Å². The maximum Gasteiger partial charge on any atom is 0.160 e. The minimum atomic E-state index is 0.601. The predicted molar refractivity (Wildman–Crippen MR) is 229 cm³/mol. The summed E-state index contributed by atoms with van der Waals surface area (Å²) in [5.41, 5.74) is 12.4. The molecule has 10 aromatic rings. The van der Waals surface area contributed by atoms with Crippen LogP contribution in [0.3, 0.4) is 0 Å². The molecule has 57 heavy (non-hydrogen) atoms. The molecule has 3 heterocycles. The third kappa shape index (κ3) is 6.29. The highest BCUT2D eigenvalue weighted by atomic mass is 15.0. The van der Waals surface area contributed by atoms with E-state index in [4.69, 9.17) is 19.9 Å². The van der Waals surface area contributed by atoms with Crippen LogP contribution in [0, 0.1) is 11.3 Å². The zero-order chi connectivity index (χ0) is 38.1. The molecular weight excluding hydrogens is 697 g/mol. The standard InChI is InChI=1S/C51H32N6/c52-33-34-25-27-48-41(29-34)40-23-13-14-24-47(40)57(48)49-28-26-39(51-54-43(35-15-5-1-6-16-35)31-44(55-51)36-17-7-2-8-18-36)30-42(49)46-32-45(37-19-9-3-10-20-37)53-50(56-46)38-21-11-4-12-22-38/h1-32H. The van der Waals surface area contributed by atoms with E-state index < -0.39 is 0 Å². The van der Waals surface area contributed by atoms with Gasteiger partial charge in [-0.25, -0.2) is 19.9 Å². The van der Waals surface area contributed by atoms with Gasteiger partial charge in [-0.15, -0.1) is 0 Å². The molecule has 0 N–H and O–H groups in total. The highest BCUT2D eigenvalue weighted by Gasteiger charge is 2.21. The van der Waals surface area contributed by atoms with Gasteiger partial charge in [-0.2, -0.15) is 5.26 Å². The Labute approximate surface area is 329 Å². The molecule has 0 amide bonds. The van der Waals surface area contributed by atoms with Gasteiger partial charge >= 0.3 is 0 Å². The Morgan fingerprint density at radius 2 is 0.842 bits per heavy atom. The van der Waals surface area contributed by atoms with E-state index in [0.29, 0.717) is 17.2 Å². The summed E-state index contributed by atoms with van der Waals surface area (Å²) in [6.07, 6.45) is 0. The van der Waals surface area contributed by atoms with Crippen molar-refractivity contribution < 1.29 is 0 Å². The molecule has 0 saturated carbocycles. The molecular formula is C51H32N6. The molecule has 0 fully saturated rings. The van der Waals surface area contributed by atoms with Crippen LogP contribution in [0.5, 0.6) is 0 Å². The number of hydrogen-bond acceptors (Lipinski definition) is 5. The number of aromatic nitrogens is 5. The first-order valence-electron chi connectivity index (χ1n) is 18.8. The topological polar surface area (TPSA) is 80.3 Å². The van der Waals surface area contributed by atoms with Crippen LogP contribution in [0.1, 0.15) is 5.56 Å². The summed E-state index contributed by atoms with van der Waals surface area (Å²) in [5, 5.41) is 11.9. The summed E-state index contributed by atoms with van der Waals surface area (Å²) in [6.45, 7) is 0. The molecule has 0 saturated heterocycles. The average Bonchev–Trinajstić information content (AvgIpc) is 3.63. The molecule has 0 aliphatic rings. The van der Waals surface area contributed by atoms with E-state index in [-0.39, 0.29) is 0 Å². The Morgan fingerprint density at radius 1 is 0.368 bits per heavy atom. The molecule has 0 aliphatic carbocycles. The van der Waals surface area contributed by atoms with E-state index in [1.54, 1.807) is 0 Å². The lowest BCUT2D eigenvalue weighted by molar-refractivity contribution is 1.14. The van der Waals surface area contributed by atoms with Crippen molar-refractivity contribution in [2.45, 2.75) is 0 Å². The second-order valence-electron chi connectivity index (χ2n) is 13.8. The van der Waals surface area contributed by atoms with E-state index >= 15 is 0 Å². The van der Waals surface area contributed by atoms with E-state index in [0.717, 1.165) is 83.6 Å². The lowest BCUT2D eigenvalue weighted by Gasteiger charge is -2.17. The highest BCUT2D eigenvalue weighted by molar-refractivity contribution is 6.10. The molecule has 0 atom stereocenters. The minimum Gasteiger partial charge on any atom is -0.309 e. The van der Waals surface area contributed by atoms with Gasteiger partial charge in [-0.05, 0) is 54.6 Å². The van der Waals surface area contributed by atoms with Gasteiger partial charge in [0.1, 0.15) is 0 Å². The van der Waals surface area contributed by atoms with Crippen LogP contribution in [0.2, 0.25) is 0 Å². The summed E-state index contributed by atoms with van der Waals surface area (Å²) in [6, 6.07) is 67.8.